The lowest BCUT2D eigenvalue weighted by molar-refractivity contribution is -0.139. The van der Waals surface area contributed by atoms with Crippen LogP contribution in [0.2, 0.25) is 0 Å². The van der Waals surface area contributed by atoms with Gasteiger partial charge in [-0.15, -0.1) is 0 Å². The van der Waals surface area contributed by atoms with Crippen molar-refractivity contribution < 1.29 is 19.0 Å². The Balaban J connectivity index is 1.63. The molecule has 0 aliphatic carbocycles. The topological polar surface area (TPSA) is 96.3 Å². The molecule has 3 aromatic rings. The van der Waals surface area contributed by atoms with Crippen LogP contribution in [0.4, 0.5) is 0 Å². The van der Waals surface area contributed by atoms with Gasteiger partial charge >= 0.3 is 5.97 Å². The molecule has 0 aliphatic heterocycles. The monoisotopic (exact) mass is 462 g/mol. The van der Waals surface area contributed by atoms with E-state index in [1.165, 1.54) is 6.08 Å². The van der Waals surface area contributed by atoms with E-state index in [4.69, 9.17) is 14.2 Å². The highest BCUT2D eigenvalue weighted by atomic mass is 16.5. The van der Waals surface area contributed by atoms with Crippen LogP contribution in [0.15, 0.2) is 24.3 Å². The smallest absolute Gasteiger partial charge is 0.331 e. The van der Waals surface area contributed by atoms with Crippen molar-refractivity contribution in [2.45, 2.75) is 54.8 Å². The third-order valence-corrected chi connectivity index (χ3v) is 5.47. The van der Waals surface area contributed by atoms with E-state index in [2.05, 4.69) is 19.9 Å². The first-order valence-corrected chi connectivity index (χ1v) is 10.9. The van der Waals surface area contributed by atoms with Crippen molar-refractivity contribution in [3.05, 3.63) is 75.4 Å². The second-order valence-corrected chi connectivity index (χ2v) is 7.99. The van der Waals surface area contributed by atoms with E-state index in [1.807, 2.05) is 47.6 Å². The van der Waals surface area contributed by atoms with Crippen LogP contribution >= 0.6 is 0 Å². The molecule has 0 fully saturated rings. The molecule has 0 spiro atoms. The van der Waals surface area contributed by atoms with Gasteiger partial charge in [0.05, 0.1) is 52.7 Å². The van der Waals surface area contributed by atoms with E-state index in [0.29, 0.717) is 17.2 Å². The standard InChI is InChI=1S/C26H30N4O4/c1-15-17(3)29-22(19(5)27-15)13-33-24-10-8-21(12-25(24)32-7)9-11-26(31)34-14-23-20(6)28-16(2)18(4)30-23/h8-12H,13-14H2,1-7H3/b11-9+. The zero-order valence-corrected chi connectivity index (χ0v) is 20.7. The van der Waals surface area contributed by atoms with E-state index >= 15 is 0 Å². The number of hydrogen-bond acceptors (Lipinski definition) is 8. The number of aromatic nitrogens is 4. The van der Waals surface area contributed by atoms with Crippen LogP contribution in [0.5, 0.6) is 11.5 Å². The molecule has 0 amide bonds. The summed E-state index contributed by atoms with van der Waals surface area (Å²) < 4.78 is 16.7. The number of rotatable bonds is 8. The van der Waals surface area contributed by atoms with Crippen LogP contribution in [0.3, 0.4) is 0 Å². The summed E-state index contributed by atoms with van der Waals surface area (Å²) in [5.41, 5.74) is 7.26. The average Bonchev–Trinajstić information content (AvgIpc) is 2.80. The number of esters is 1. The third kappa shape index (κ3) is 6.15. The second kappa shape index (κ2) is 10.9. The molecule has 3 rings (SSSR count). The van der Waals surface area contributed by atoms with Crippen LogP contribution in [0.25, 0.3) is 6.08 Å². The summed E-state index contributed by atoms with van der Waals surface area (Å²) in [5.74, 6) is 0.652. The molecule has 2 aromatic heterocycles. The Morgan fingerprint density at radius 1 is 0.765 bits per heavy atom. The summed E-state index contributed by atoms with van der Waals surface area (Å²) in [4.78, 5) is 30.1. The van der Waals surface area contributed by atoms with Gasteiger partial charge in [-0.2, -0.15) is 0 Å². The molecular formula is C26H30N4O4. The van der Waals surface area contributed by atoms with Crippen LogP contribution in [-0.2, 0) is 22.7 Å². The number of nitrogens with zero attached hydrogens (tertiary/aromatic N) is 4. The van der Waals surface area contributed by atoms with Gasteiger partial charge in [-0.3, -0.25) is 19.9 Å². The van der Waals surface area contributed by atoms with Crippen molar-refractivity contribution in [2.75, 3.05) is 7.11 Å². The summed E-state index contributed by atoms with van der Waals surface area (Å²) in [7, 11) is 1.57. The van der Waals surface area contributed by atoms with Gasteiger partial charge in [0, 0.05) is 6.08 Å². The maximum absolute atomic E-state index is 12.2. The number of methoxy groups -OCH3 is 1. The molecule has 0 saturated carbocycles. The predicted octanol–water partition coefficient (Wildman–Crippen LogP) is 4.46. The first kappa shape index (κ1) is 24.8. The number of carbonyl (C=O) groups is 1. The number of benzene rings is 1. The molecule has 0 atom stereocenters. The van der Waals surface area contributed by atoms with Gasteiger partial charge in [0.2, 0.25) is 0 Å². The lowest BCUT2D eigenvalue weighted by Gasteiger charge is -2.13. The molecule has 2 heterocycles. The molecule has 0 N–H and O–H groups in total. The fourth-order valence-corrected chi connectivity index (χ4v) is 3.20. The third-order valence-electron chi connectivity index (χ3n) is 5.47. The highest BCUT2D eigenvalue weighted by Gasteiger charge is 2.11. The van der Waals surface area contributed by atoms with Crippen molar-refractivity contribution in [1.82, 2.24) is 19.9 Å². The first-order chi connectivity index (χ1) is 16.2. The molecule has 1 aromatic carbocycles. The van der Waals surface area contributed by atoms with E-state index < -0.39 is 5.97 Å². The molecule has 0 saturated heterocycles. The fourth-order valence-electron chi connectivity index (χ4n) is 3.20. The Hall–Kier alpha value is -3.81. The number of carbonyl (C=O) groups excluding carboxylic acids is 1. The van der Waals surface area contributed by atoms with Crippen LogP contribution < -0.4 is 9.47 Å². The maximum Gasteiger partial charge on any atom is 0.331 e. The van der Waals surface area contributed by atoms with Gasteiger partial charge in [0.15, 0.2) is 11.5 Å². The lowest BCUT2D eigenvalue weighted by atomic mass is 10.2. The highest BCUT2D eigenvalue weighted by Crippen LogP contribution is 2.29. The second-order valence-electron chi connectivity index (χ2n) is 7.99. The average molecular weight is 463 g/mol. The van der Waals surface area contributed by atoms with Gasteiger partial charge in [-0.25, -0.2) is 4.79 Å². The Bertz CT molecular complexity index is 1240. The van der Waals surface area contributed by atoms with E-state index in [0.717, 1.165) is 45.4 Å². The molecule has 0 radical (unpaired) electrons. The fraction of sp³-hybridized carbons (Fsp3) is 0.346. The molecular weight excluding hydrogens is 432 g/mol. The van der Waals surface area contributed by atoms with Crippen molar-refractivity contribution in [3.63, 3.8) is 0 Å². The van der Waals surface area contributed by atoms with Gasteiger partial charge in [0.25, 0.3) is 0 Å². The summed E-state index contributed by atoms with van der Waals surface area (Å²) in [6, 6.07) is 5.41. The summed E-state index contributed by atoms with van der Waals surface area (Å²) >= 11 is 0. The number of ether oxygens (including phenoxy) is 3. The van der Waals surface area contributed by atoms with Crippen molar-refractivity contribution in [3.8, 4) is 11.5 Å². The van der Waals surface area contributed by atoms with Gasteiger partial charge in [-0.1, -0.05) is 6.07 Å². The van der Waals surface area contributed by atoms with Gasteiger partial charge < -0.3 is 14.2 Å². The maximum atomic E-state index is 12.2. The normalized spacial score (nSPS) is 11.0. The first-order valence-electron chi connectivity index (χ1n) is 10.9. The molecule has 0 unspecified atom stereocenters. The summed E-state index contributed by atoms with van der Waals surface area (Å²) in [6.07, 6.45) is 3.03. The number of hydrogen-bond donors (Lipinski definition) is 0. The predicted molar refractivity (Wildman–Crippen MR) is 129 cm³/mol. The molecule has 0 bridgehead atoms. The lowest BCUT2D eigenvalue weighted by Crippen LogP contribution is -2.07. The molecule has 178 valence electrons. The Kier molecular flexibility index (Phi) is 7.94. The molecule has 8 nitrogen and oxygen atoms in total. The van der Waals surface area contributed by atoms with E-state index in [1.54, 1.807) is 25.3 Å². The highest BCUT2D eigenvalue weighted by molar-refractivity contribution is 5.87. The van der Waals surface area contributed by atoms with Crippen molar-refractivity contribution in [2.24, 2.45) is 0 Å². The van der Waals surface area contributed by atoms with Crippen LogP contribution in [0.1, 0.15) is 51.1 Å². The zero-order chi connectivity index (χ0) is 24.8. The quantitative estimate of drug-likeness (QED) is 0.358. The number of aryl methyl sites for hydroxylation is 6. The Labute approximate surface area is 200 Å². The van der Waals surface area contributed by atoms with Crippen LogP contribution in [0, 0.1) is 41.5 Å². The Morgan fingerprint density at radius 3 is 1.91 bits per heavy atom. The minimum absolute atomic E-state index is 0.0695. The van der Waals surface area contributed by atoms with Gasteiger partial charge in [0.1, 0.15) is 13.2 Å². The Morgan fingerprint density at radius 2 is 1.32 bits per heavy atom. The molecule has 8 heteroatoms. The van der Waals surface area contributed by atoms with Crippen molar-refractivity contribution >= 4 is 12.0 Å². The molecule has 0 aliphatic rings. The molecule has 34 heavy (non-hydrogen) atoms. The minimum atomic E-state index is -0.470. The summed E-state index contributed by atoms with van der Waals surface area (Å²) in [5, 5.41) is 0. The zero-order valence-electron chi connectivity index (χ0n) is 20.7. The minimum Gasteiger partial charge on any atom is -0.493 e. The largest absolute Gasteiger partial charge is 0.493 e. The van der Waals surface area contributed by atoms with Gasteiger partial charge in [-0.05, 0) is 65.3 Å². The SMILES string of the molecule is COc1cc(/C=C/C(=O)OCc2nc(C)c(C)nc2C)ccc1OCc1nc(C)c(C)nc1C. The summed E-state index contributed by atoms with van der Waals surface area (Å²) in [6.45, 7) is 11.7. The van der Waals surface area contributed by atoms with Crippen molar-refractivity contribution in [1.29, 1.82) is 0 Å². The van der Waals surface area contributed by atoms with E-state index in [-0.39, 0.29) is 13.2 Å². The van der Waals surface area contributed by atoms with E-state index in [9.17, 15) is 4.79 Å². The van der Waals surface area contributed by atoms with Crippen LogP contribution in [-0.4, -0.2) is 33.0 Å².